The molecule has 32 heavy (non-hydrogen) atoms. The van der Waals surface area contributed by atoms with Crippen LogP contribution in [0.1, 0.15) is 57.4 Å². The third kappa shape index (κ3) is 3.65. The van der Waals surface area contributed by atoms with Gasteiger partial charge in [-0.2, -0.15) is 0 Å². The number of methoxy groups -OCH3 is 1. The number of anilines is 1. The van der Waals surface area contributed by atoms with Crippen LogP contribution in [0.15, 0.2) is 24.3 Å². The molecule has 4 fully saturated rings. The number of hydrogen-bond donors (Lipinski definition) is 1. The average molecular weight is 440 g/mol. The summed E-state index contributed by atoms with van der Waals surface area (Å²) in [7, 11) is 1.79. The van der Waals surface area contributed by atoms with Crippen LogP contribution in [0.3, 0.4) is 0 Å². The number of nitrogens with one attached hydrogen (secondary N) is 1. The molecule has 0 radical (unpaired) electrons. The summed E-state index contributed by atoms with van der Waals surface area (Å²) in [5, 5.41) is 3.67. The summed E-state index contributed by atoms with van der Waals surface area (Å²) in [6.45, 7) is 4.93. The van der Waals surface area contributed by atoms with Crippen molar-refractivity contribution in [3.8, 4) is 0 Å². The molecule has 6 nitrogen and oxygen atoms in total. The van der Waals surface area contributed by atoms with Crippen molar-refractivity contribution in [1.82, 2.24) is 10.2 Å². The number of fused-ring (bicyclic) bond motifs is 3. The van der Waals surface area contributed by atoms with Crippen LogP contribution >= 0.6 is 0 Å². The molecule has 4 aliphatic rings. The number of hydrogen-bond acceptors (Lipinski definition) is 4. The Morgan fingerprint density at radius 1 is 1.06 bits per heavy atom. The summed E-state index contributed by atoms with van der Waals surface area (Å²) >= 11 is 0. The Hall–Kier alpha value is -1.92. The van der Waals surface area contributed by atoms with Crippen LogP contribution in [-0.4, -0.2) is 54.7 Å². The molecule has 5 atom stereocenters. The maximum Gasteiger partial charge on any atom is 0.331 e. The Morgan fingerprint density at radius 3 is 2.56 bits per heavy atom. The normalized spacial score (nSPS) is 37.8. The Balaban J connectivity index is 1.54. The highest BCUT2D eigenvalue weighted by Crippen LogP contribution is 2.44. The number of carbonyl (C=O) groups is 2. The van der Waals surface area contributed by atoms with Crippen molar-refractivity contribution in [2.24, 2.45) is 17.8 Å². The Labute approximate surface area is 191 Å². The standard InChI is InChI=1S/C26H37N3O3/c1-16-10-12-18(13-11-16)28-24-20-8-5-9-22(32-3)23(20)27-15-21(24)25(30)29(26(28)31)19-7-4-6-17(2)14-19/h4,6-7,14,16,18,20-24,27H,5,8-13,15H2,1-3H3. The fourth-order valence-corrected chi connectivity index (χ4v) is 6.86. The van der Waals surface area contributed by atoms with Gasteiger partial charge in [0, 0.05) is 25.7 Å². The molecule has 1 aromatic carbocycles. The predicted molar refractivity (Wildman–Crippen MR) is 125 cm³/mol. The molecule has 0 bridgehead atoms. The lowest BCUT2D eigenvalue weighted by molar-refractivity contribution is -0.132. The molecular weight excluding hydrogens is 402 g/mol. The molecule has 2 heterocycles. The van der Waals surface area contributed by atoms with Gasteiger partial charge in [-0.3, -0.25) is 4.79 Å². The van der Waals surface area contributed by atoms with E-state index in [1.54, 1.807) is 7.11 Å². The monoisotopic (exact) mass is 439 g/mol. The Kier molecular flexibility index (Phi) is 6.01. The van der Waals surface area contributed by atoms with E-state index in [4.69, 9.17) is 4.74 Å². The number of imide groups is 1. The van der Waals surface area contributed by atoms with Gasteiger partial charge < -0.3 is 15.0 Å². The third-order valence-electron chi connectivity index (χ3n) is 8.52. The quantitative estimate of drug-likeness (QED) is 0.770. The van der Waals surface area contributed by atoms with E-state index < -0.39 is 0 Å². The van der Waals surface area contributed by atoms with E-state index in [9.17, 15) is 9.59 Å². The first-order valence-electron chi connectivity index (χ1n) is 12.5. The molecule has 1 N–H and O–H groups in total. The first-order chi connectivity index (χ1) is 15.5. The van der Waals surface area contributed by atoms with E-state index in [0.717, 1.165) is 50.5 Å². The molecule has 1 aromatic rings. The molecule has 5 unspecified atom stereocenters. The lowest BCUT2D eigenvalue weighted by Gasteiger charge is -2.57. The number of amides is 3. The summed E-state index contributed by atoms with van der Waals surface area (Å²) in [6, 6.07) is 8.08. The highest BCUT2D eigenvalue weighted by Gasteiger charge is 2.56. The first-order valence-corrected chi connectivity index (χ1v) is 12.5. The summed E-state index contributed by atoms with van der Waals surface area (Å²) in [4.78, 5) is 31.5. The number of nitrogens with zero attached hydrogens (tertiary/aromatic N) is 2. The van der Waals surface area contributed by atoms with Gasteiger partial charge in [0.15, 0.2) is 0 Å². The number of rotatable bonds is 3. The van der Waals surface area contributed by atoms with E-state index in [0.29, 0.717) is 18.2 Å². The van der Waals surface area contributed by atoms with Crippen LogP contribution in [0.2, 0.25) is 0 Å². The molecule has 2 saturated heterocycles. The van der Waals surface area contributed by atoms with Gasteiger partial charge in [0.1, 0.15) is 0 Å². The topological polar surface area (TPSA) is 61.9 Å². The maximum absolute atomic E-state index is 14.1. The van der Waals surface area contributed by atoms with Crippen LogP contribution < -0.4 is 10.2 Å². The number of benzene rings is 1. The number of piperidine rings is 1. The molecule has 6 heteroatoms. The zero-order valence-corrected chi connectivity index (χ0v) is 19.6. The minimum absolute atomic E-state index is 0.0290. The number of urea groups is 1. The number of ether oxygens (including phenoxy) is 1. The molecular formula is C26H37N3O3. The lowest BCUT2D eigenvalue weighted by atomic mass is 9.68. The van der Waals surface area contributed by atoms with Crippen LogP contribution in [0.25, 0.3) is 0 Å². The molecule has 0 spiro atoms. The molecule has 2 aliphatic heterocycles. The van der Waals surface area contributed by atoms with E-state index >= 15 is 0 Å². The minimum atomic E-state index is -0.204. The van der Waals surface area contributed by atoms with Gasteiger partial charge in [-0.15, -0.1) is 0 Å². The fourth-order valence-electron chi connectivity index (χ4n) is 6.86. The van der Waals surface area contributed by atoms with Crippen molar-refractivity contribution in [3.05, 3.63) is 29.8 Å². The fraction of sp³-hybridized carbons (Fsp3) is 0.692. The largest absolute Gasteiger partial charge is 0.380 e. The number of aryl methyl sites for hydroxylation is 1. The number of carbonyl (C=O) groups excluding carboxylic acids is 2. The average Bonchev–Trinajstić information content (AvgIpc) is 2.79. The smallest absolute Gasteiger partial charge is 0.331 e. The van der Waals surface area contributed by atoms with Crippen molar-refractivity contribution >= 4 is 17.6 Å². The van der Waals surface area contributed by atoms with E-state index in [1.165, 1.54) is 4.90 Å². The van der Waals surface area contributed by atoms with Gasteiger partial charge in [0.05, 0.1) is 23.8 Å². The van der Waals surface area contributed by atoms with Crippen molar-refractivity contribution in [3.63, 3.8) is 0 Å². The van der Waals surface area contributed by atoms with E-state index in [-0.39, 0.29) is 48.0 Å². The van der Waals surface area contributed by atoms with Crippen molar-refractivity contribution in [2.75, 3.05) is 18.6 Å². The summed E-state index contributed by atoms with van der Waals surface area (Å²) < 4.78 is 5.83. The second kappa shape index (κ2) is 8.79. The molecule has 2 aliphatic carbocycles. The van der Waals surface area contributed by atoms with Gasteiger partial charge in [0.25, 0.3) is 0 Å². The minimum Gasteiger partial charge on any atom is -0.380 e. The summed E-state index contributed by atoms with van der Waals surface area (Å²) in [5.74, 6) is 0.727. The second-order valence-corrected chi connectivity index (χ2v) is 10.5. The summed E-state index contributed by atoms with van der Waals surface area (Å²) in [5.41, 5.74) is 1.76. The lowest BCUT2D eigenvalue weighted by Crippen LogP contribution is -2.74. The first kappa shape index (κ1) is 21.9. The van der Waals surface area contributed by atoms with Gasteiger partial charge in [-0.05, 0) is 75.0 Å². The van der Waals surface area contributed by atoms with Gasteiger partial charge >= 0.3 is 6.03 Å². The molecule has 5 rings (SSSR count). The molecule has 174 valence electrons. The van der Waals surface area contributed by atoms with Crippen LogP contribution in [0.4, 0.5) is 10.5 Å². The second-order valence-electron chi connectivity index (χ2n) is 10.5. The molecule has 0 aromatic heterocycles. The molecule has 3 amide bonds. The van der Waals surface area contributed by atoms with Gasteiger partial charge in [0.2, 0.25) is 5.91 Å². The van der Waals surface area contributed by atoms with E-state index in [1.807, 2.05) is 31.2 Å². The predicted octanol–water partition coefficient (Wildman–Crippen LogP) is 4.11. The van der Waals surface area contributed by atoms with Crippen molar-refractivity contribution < 1.29 is 14.3 Å². The van der Waals surface area contributed by atoms with Crippen LogP contribution in [0, 0.1) is 24.7 Å². The van der Waals surface area contributed by atoms with Gasteiger partial charge in [-0.1, -0.05) is 25.5 Å². The van der Waals surface area contributed by atoms with Crippen LogP contribution in [-0.2, 0) is 9.53 Å². The highest BCUT2D eigenvalue weighted by atomic mass is 16.5. The third-order valence-corrected chi connectivity index (χ3v) is 8.52. The van der Waals surface area contributed by atoms with Crippen molar-refractivity contribution in [2.45, 2.75) is 83.0 Å². The highest BCUT2D eigenvalue weighted by molar-refractivity contribution is 6.17. The van der Waals surface area contributed by atoms with Crippen LogP contribution in [0.5, 0.6) is 0 Å². The Bertz CT molecular complexity index is 866. The summed E-state index contributed by atoms with van der Waals surface area (Å²) in [6.07, 6.45) is 7.69. The zero-order valence-electron chi connectivity index (χ0n) is 19.6. The maximum atomic E-state index is 14.1. The molecule has 2 saturated carbocycles. The zero-order chi connectivity index (χ0) is 22.4. The van der Waals surface area contributed by atoms with Crippen molar-refractivity contribution in [1.29, 1.82) is 0 Å². The van der Waals surface area contributed by atoms with Gasteiger partial charge in [-0.25, -0.2) is 9.69 Å². The Morgan fingerprint density at radius 2 is 1.84 bits per heavy atom. The van der Waals surface area contributed by atoms with E-state index in [2.05, 4.69) is 17.1 Å². The SMILES string of the molecule is COC1CCCC2C1NCC1C(=O)N(c3cccc(C)c3)C(=O)N(C3CCC(C)CC3)C12.